The first-order valence-corrected chi connectivity index (χ1v) is 5.83. The molecule has 17 heavy (non-hydrogen) atoms. The minimum atomic E-state index is -0.0259. The van der Waals surface area contributed by atoms with Crippen LogP contribution in [0.5, 0.6) is 5.75 Å². The summed E-state index contributed by atoms with van der Waals surface area (Å²) in [5.74, 6) is 0.729. The van der Waals surface area contributed by atoms with Crippen molar-refractivity contribution in [1.82, 2.24) is 5.32 Å². The van der Waals surface area contributed by atoms with Crippen LogP contribution in [0.2, 0.25) is 0 Å². The highest BCUT2D eigenvalue weighted by molar-refractivity contribution is 5.79. The van der Waals surface area contributed by atoms with E-state index < -0.39 is 0 Å². The molecule has 0 aliphatic carbocycles. The third kappa shape index (κ3) is 4.07. The van der Waals surface area contributed by atoms with Gasteiger partial charge in [-0.1, -0.05) is 19.1 Å². The second kappa shape index (κ2) is 6.91. The standard InChI is InChI=1S/C13H20N2O2/c1-3-10-4-5-12(17-2)11(8-10)9-13(16)15-7-6-14/h4-5,8H,3,6-7,9,14H2,1-2H3,(H,15,16). The van der Waals surface area contributed by atoms with Crippen LogP contribution < -0.4 is 15.8 Å². The molecular weight excluding hydrogens is 216 g/mol. The van der Waals surface area contributed by atoms with Crippen molar-refractivity contribution in [2.45, 2.75) is 19.8 Å². The van der Waals surface area contributed by atoms with E-state index in [1.807, 2.05) is 18.2 Å². The Balaban J connectivity index is 2.76. The van der Waals surface area contributed by atoms with E-state index in [1.54, 1.807) is 7.11 Å². The Labute approximate surface area is 102 Å². The Morgan fingerprint density at radius 2 is 2.24 bits per heavy atom. The van der Waals surface area contributed by atoms with Gasteiger partial charge >= 0.3 is 0 Å². The van der Waals surface area contributed by atoms with Gasteiger partial charge in [-0.25, -0.2) is 0 Å². The molecule has 0 saturated heterocycles. The van der Waals surface area contributed by atoms with Crippen LogP contribution in [0.4, 0.5) is 0 Å². The average Bonchev–Trinajstić information content (AvgIpc) is 2.36. The Hall–Kier alpha value is -1.55. The van der Waals surface area contributed by atoms with E-state index in [2.05, 4.69) is 12.2 Å². The first kappa shape index (κ1) is 13.5. The molecule has 1 amide bonds. The maximum Gasteiger partial charge on any atom is 0.224 e. The summed E-state index contributed by atoms with van der Waals surface area (Å²) in [7, 11) is 1.61. The number of carbonyl (C=O) groups excluding carboxylic acids is 1. The second-order valence-electron chi connectivity index (χ2n) is 3.82. The molecule has 3 N–H and O–H groups in total. The molecule has 1 aromatic rings. The number of carbonyl (C=O) groups is 1. The Kier molecular flexibility index (Phi) is 5.49. The molecule has 0 aliphatic rings. The third-order valence-corrected chi connectivity index (χ3v) is 2.57. The van der Waals surface area contributed by atoms with Gasteiger partial charge in [0.15, 0.2) is 0 Å². The number of ether oxygens (including phenoxy) is 1. The van der Waals surface area contributed by atoms with Gasteiger partial charge in [-0.2, -0.15) is 0 Å². The van der Waals surface area contributed by atoms with Crippen molar-refractivity contribution in [1.29, 1.82) is 0 Å². The van der Waals surface area contributed by atoms with Gasteiger partial charge in [0, 0.05) is 18.7 Å². The summed E-state index contributed by atoms with van der Waals surface area (Å²) in [6, 6.07) is 5.94. The van der Waals surface area contributed by atoms with Crippen molar-refractivity contribution < 1.29 is 9.53 Å². The molecule has 0 unspecified atom stereocenters. The van der Waals surface area contributed by atoms with Crippen molar-refractivity contribution in [3.8, 4) is 5.75 Å². The van der Waals surface area contributed by atoms with Gasteiger partial charge < -0.3 is 15.8 Å². The molecule has 1 rings (SSSR count). The van der Waals surface area contributed by atoms with E-state index >= 15 is 0 Å². The highest BCUT2D eigenvalue weighted by atomic mass is 16.5. The van der Waals surface area contributed by atoms with Crippen LogP contribution in [0.25, 0.3) is 0 Å². The van der Waals surface area contributed by atoms with Gasteiger partial charge in [-0.05, 0) is 18.1 Å². The average molecular weight is 236 g/mol. The molecular formula is C13H20N2O2. The maximum absolute atomic E-state index is 11.6. The lowest BCUT2D eigenvalue weighted by Crippen LogP contribution is -2.30. The van der Waals surface area contributed by atoms with Crippen molar-refractivity contribution in [2.24, 2.45) is 5.73 Å². The molecule has 4 nitrogen and oxygen atoms in total. The number of aryl methyl sites for hydroxylation is 1. The van der Waals surface area contributed by atoms with Crippen LogP contribution >= 0.6 is 0 Å². The van der Waals surface area contributed by atoms with Gasteiger partial charge in [0.05, 0.1) is 13.5 Å². The summed E-state index contributed by atoms with van der Waals surface area (Å²) >= 11 is 0. The zero-order chi connectivity index (χ0) is 12.7. The molecule has 0 aromatic heterocycles. The fourth-order valence-corrected chi connectivity index (χ4v) is 1.64. The smallest absolute Gasteiger partial charge is 0.224 e. The lowest BCUT2D eigenvalue weighted by molar-refractivity contribution is -0.120. The highest BCUT2D eigenvalue weighted by Crippen LogP contribution is 2.20. The van der Waals surface area contributed by atoms with Crippen molar-refractivity contribution >= 4 is 5.91 Å². The first-order valence-electron chi connectivity index (χ1n) is 5.83. The van der Waals surface area contributed by atoms with E-state index in [9.17, 15) is 4.79 Å². The van der Waals surface area contributed by atoms with E-state index in [0.717, 1.165) is 17.7 Å². The third-order valence-electron chi connectivity index (χ3n) is 2.57. The monoisotopic (exact) mass is 236 g/mol. The SMILES string of the molecule is CCc1ccc(OC)c(CC(=O)NCCN)c1. The van der Waals surface area contributed by atoms with E-state index in [4.69, 9.17) is 10.5 Å². The Bertz CT molecular complexity index is 378. The van der Waals surface area contributed by atoms with Gasteiger partial charge in [-0.3, -0.25) is 4.79 Å². The largest absolute Gasteiger partial charge is 0.496 e. The summed E-state index contributed by atoms with van der Waals surface area (Å²) in [4.78, 5) is 11.6. The first-order chi connectivity index (χ1) is 8.21. The molecule has 94 valence electrons. The summed E-state index contributed by atoms with van der Waals surface area (Å²) < 4.78 is 5.25. The Morgan fingerprint density at radius 1 is 1.47 bits per heavy atom. The van der Waals surface area contributed by atoms with E-state index in [1.165, 1.54) is 5.56 Å². The van der Waals surface area contributed by atoms with E-state index in [0.29, 0.717) is 19.5 Å². The van der Waals surface area contributed by atoms with Crippen LogP contribution in [0.1, 0.15) is 18.1 Å². The van der Waals surface area contributed by atoms with Crippen LogP contribution in [-0.4, -0.2) is 26.1 Å². The predicted octanol–water partition coefficient (Wildman–Crippen LogP) is 0.875. The van der Waals surface area contributed by atoms with Gasteiger partial charge in [-0.15, -0.1) is 0 Å². The van der Waals surface area contributed by atoms with Crippen molar-refractivity contribution in [3.63, 3.8) is 0 Å². The number of nitrogens with one attached hydrogen (secondary N) is 1. The van der Waals surface area contributed by atoms with Crippen LogP contribution in [0.3, 0.4) is 0 Å². The number of rotatable bonds is 6. The zero-order valence-corrected chi connectivity index (χ0v) is 10.5. The van der Waals surface area contributed by atoms with Crippen LogP contribution in [-0.2, 0) is 17.6 Å². The number of hydrogen-bond acceptors (Lipinski definition) is 3. The van der Waals surface area contributed by atoms with Crippen molar-refractivity contribution in [3.05, 3.63) is 29.3 Å². The quantitative estimate of drug-likeness (QED) is 0.770. The van der Waals surface area contributed by atoms with Crippen molar-refractivity contribution in [2.75, 3.05) is 20.2 Å². The molecule has 0 aliphatic heterocycles. The zero-order valence-electron chi connectivity index (χ0n) is 10.5. The maximum atomic E-state index is 11.6. The van der Waals surface area contributed by atoms with Crippen LogP contribution in [0, 0.1) is 0 Å². The van der Waals surface area contributed by atoms with E-state index in [-0.39, 0.29) is 5.91 Å². The summed E-state index contributed by atoms with van der Waals surface area (Å²) in [5, 5.41) is 2.75. The topological polar surface area (TPSA) is 64.3 Å². The summed E-state index contributed by atoms with van der Waals surface area (Å²) in [5.41, 5.74) is 7.45. The number of methoxy groups -OCH3 is 1. The molecule has 0 fully saturated rings. The number of benzene rings is 1. The van der Waals surface area contributed by atoms with Gasteiger partial charge in [0.25, 0.3) is 0 Å². The predicted molar refractivity (Wildman–Crippen MR) is 68.1 cm³/mol. The molecule has 0 heterocycles. The molecule has 0 atom stereocenters. The molecule has 1 aromatic carbocycles. The summed E-state index contributed by atoms with van der Waals surface area (Å²) in [6.07, 6.45) is 1.28. The molecule has 0 bridgehead atoms. The number of amides is 1. The fourth-order valence-electron chi connectivity index (χ4n) is 1.64. The van der Waals surface area contributed by atoms with Gasteiger partial charge in [0.2, 0.25) is 5.91 Å². The lowest BCUT2D eigenvalue weighted by atomic mass is 10.0. The highest BCUT2D eigenvalue weighted by Gasteiger charge is 2.08. The Morgan fingerprint density at radius 3 is 2.82 bits per heavy atom. The lowest BCUT2D eigenvalue weighted by Gasteiger charge is -2.10. The van der Waals surface area contributed by atoms with Gasteiger partial charge in [0.1, 0.15) is 5.75 Å². The minimum absolute atomic E-state index is 0.0259. The number of hydrogen-bond donors (Lipinski definition) is 2. The molecule has 0 saturated carbocycles. The molecule has 4 heteroatoms. The van der Waals surface area contributed by atoms with Crippen LogP contribution in [0.15, 0.2) is 18.2 Å². The summed E-state index contributed by atoms with van der Waals surface area (Å²) in [6.45, 7) is 3.05. The second-order valence-corrected chi connectivity index (χ2v) is 3.82. The fraction of sp³-hybridized carbons (Fsp3) is 0.462. The minimum Gasteiger partial charge on any atom is -0.496 e. The normalized spacial score (nSPS) is 10.1. The number of nitrogens with two attached hydrogens (primary N) is 1. The molecule has 0 radical (unpaired) electrons. The molecule has 0 spiro atoms.